The molecule has 0 amide bonds. The molecule has 0 aliphatic rings. The highest BCUT2D eigenvalue weighted by Crippen LogP contribution is 2.13. The zero-order chi connectivity index (χ0) is 11.5. The molecule has 0 aliphatic carbocycles. The van der Waals surface area contributed by atoms with Crippen LogP contribution in [-0.2, 0) is 6.54 Å². The lowest BCUT2D eigenvalue weighted by Gasteiger charge is -2.05. The van der Waals surface area contributed by atoms with Crippen molar-refractivity contribution in [3.8, 4) is 6.07 Å². The van der Waals surface area contributed by atoms with E-state index in [1.54, 1.807) is 6.20 Å². The van der Waals surface area contributed by atoms with Crippen molar-refractivity contribution in [3.63, 3.8) is 0 Å². The van der Waals surface area contributed by atoms with Crippen LogP contribution in [0, 0.1) is 23.0 Å². The monoisotopic (exact) mass is 219 g/mol. The zero-order valence-electron chi connectivity index (χ0n) is 8.19. The van der Waals surface area contributed by atoms with Crippen molar-refractivity contribution in [2.24, 2.45) is 0 Å². The first kappa shape index (κ1) is 10.3. The topological polar surface area (TPSA) is 41.6 Å². The number of hydrogen-bond acceptors (Lipinski definition) is 2. The lowest BCUT2D eigenvalue weighted by atomic mass is 10.2. The third-order valence-corrected chi connectivity index (χ3v) is 2.19. The van der Waals surface area contributed by atoms with Crippen LogP contribution in [0.1, 0.15) is 11.4 Å². The van der Waals surface area contributed by atoms with Crippen molar-refractivity contribution in [3.05, 3.63) is 53.6 Å². The normalized spacial score (nSPS) is 10.1. The molecule has 0 N–H and O–H groups in total. The highest BCUT2D eigenvalue weighted by Gasteiger charge is 2.09. The maximum absolute atomic E-state index is 13.3. The largest absolute Gasteiger partial charge is 0.318 e. The summed E-state index contributed by atoms with van der Waals surface area (Å²) < 4.78 is 27.7. The molecule has 5 heteroatoms. The lowest BCUT2D eigenvalue weighted by Crippen LogP contribution is -2.04. The molecule has 2 aromatic rings. The predicted octanol–water partition coefficient (Wildman–Crippen LogP) is 2.08. The molecule has 0 spiro atoms. The summed E-state index contributed by atoms with van der Waals surface area (Å²) in [6, 6.07) is 5.82. The maximum Gasteiger partial charge on any atom is 0.213 e. The van der Waals surface area contributed by atoms with E-state index in [1.807, 2.05) is 6.07 Å². The van der Waals surface area contributed by atoms with Crippen molar-refractivity contribution in [2.75, 3.05) is 0 Å². The van der Waals surface area contributed by atoms with Gasteiger partial charge in [-0.05, 0) is 6.07 Å². The molecule has 3 nitrogen and oxygen atoms in total. The second-order valence-electron chi connectivity index (χ2n) is 3.20. The van der Waals surface area contributed by atoms with E-state index in [0.29, 0.717) is 0 Å². The maximum atomic E-state index is 13.3. The van der Waals surface area contributed by atoms with E-state index in [4.69, 9.17) is 5.26 Å². The van der Waals surface area contributed by atoms with Crippen molar-refractivity contribution in [1.82, 2.24) is 9.55 Å². The minimum Gasteiger partial charge on any atom is -0.318 e. The molecule has 0 radical (unpaired) electrons. The van der Waals surface area contributed by atoms with Gasteiger partial charge in [-0.3, -0.25) is 0 Å². The van der Waals surface area contributed by atoms with Gasteiger partial charge in [0.1, 0.15) is 6.07 Å². The lowest BCUT2D eigenvalue weighted by molar-refractivity contribution is 0.495. The van der Waals surface area contributed by atoms with E-state index in [2.05, 4.69) is 4.98 Å². The van der Waals surface area contributed by atoms with Crippen LogP contribution in [0.4, 0.5) is 8.78 Å². The fourth-order valence-corrected chi connectivity index (χ4v) is 1.40. The number of aromatic nitrogens is 2. The molecule has 0 aliphatic heterocycles. The second-order valence-corrected chi connectivity index (χ2v) is 3.20. The smallest absolute Gasteiger partial charge is 0.213 e. The van der Waals surface area contributed by atoms with E-state index in [-0.39, 0.29) is 17.9 Å². The van der Waals surface area contributed by atoms with Gasteiger partial charge in [-0.2, -0.15) is 5.26 Å². The summed E-state index contributed by atoms with van der Waals surface area (Å²) in [5, 5.41) is 8.71. The van der Waals surface area contributed by atoms with Gasteiger partial charge in [-0.1, -0.05) is 12.1 Å². The number of halogens is 2. The summed E-state index contributed by atoms with van der Waals surface area (Å²) >= 11 is 0. The summed E-state index contributed by atoms with van der Waals surface area (Å²) in [5.41, 5.74) is 0.189. The Morgan fingerprint density at radius 3 is 2.94 bits per heavy atom. The van der Waals surface area contributed by atoms with Crippen LogP contribution in [0.25, 0.3) is 0 Å². The quantitative estimate of drug-likeness (QED) is 0.775. The first-order valence-electron chi connectivity index (χ1n) is 4.56. The highest BCUT2D eigenvalue weighted by atomic mass is 19.2. The van der Waals surface area contributed by atoms with Gasteiger partial charge in [0.05, 0.1) is 6.54 Å². The Bertz CT molecular complexity index is 555. The van der Waals surface area contributed by atoms with E-state index in [9.17, 15) is 8.78 Å². The first-order chi connectivity index (χ1) is 7.72. The fourth-order valence-electron chi connectivity index (χ4n) is 1.40. The van der Waals surface area contributed by atoms with E-state index in [0.717, 1.165) is 6.07 Å². The third-order valence-electron chi connectivity index (χ3n) is 2.19. The van der Waals surface area contributed by atoms with Crippen molar-refractivity contribution < 1.29 is 8.78 Å². The van der Waals surface area contributed by atoms with Crippen molar-refractivity contribution in [2.45, 2.75) is 6.54 Å². The Labute approximate surface area is 90.6 Å². The second kappa shape index (κ2) is 4.11. The van der Waals surface area contributed by atoms with Crippen LogP contribution in [-0.4, -0.2) is 9.55 Å². The Balaban J connectivity index is 2.35. The van der Waals surface area contributed by atoms with Crippen LogP contribution in [0.5, 0.6) is 0 Å². The number of nitrogens with zero attached hydrogens (tertiary/aromatic N) is 3. The van der Waals surface area contributed by atoms with Crippen LogP contribution in [0.15, 0.2) is 30.6 Å². The molecule has 0 bridgehead atoms. The average Bonchev–Trinajstić information content (AvgIpc) is 2.72. The van der Waals surface area contributed by atoms with E-state index in [1.165, 1.54) is 22.9 Å². The van der Waals surface area contributed by atoms with Gasteiger partial charge in [-0.25, -0.2) is 13.8 Å². The van der Waals surface area contributed by atoms with Gasteiger partial charge >= 0.3 is 0 Å². The number of hydrogen-bond donors (Lipinski definition) is 0. The molecule has 0 saturated heterocycles. The summed E-state index contributed by atoms with van der Waals surface area (Å²) in [6.07, 6.45) is 2.98. The van der Waals surface area contributed by atoms with Crippen molar-refractivity contribution >= 4 is 0 Å². The average molecular weight is 219 g/mol. The molecule has 2 rings (SSSR count). The highest BCUT2D eigenvalue weighted by molar-refractivity contribution is 5.21. The predicted molar refractivity (Wildman–Crippen MR) is 52.4 cm³/mol. The van der Waals surface area contributed by atoms with E-state index >= 15 is 0 Å². The number of nitriles is 1. The van der Waals surface area contributed by atoms with Crippen LogP contribution in [0.3, 0.4) is 0 Å². The number of rotatable bonds is 2. The van der Waals surface area contributed by atoms with Gasteiger partial charge in [0.25, 0.3) is 0 Å². The molecular formula is C11H7F2N3. The zero-order valence-corrected chi connectivity index (χ0v) is 8.19. The molecule has 16 heavy (non-hydrogen) atoms. The van der Waals surface area contributed by atoms with Crippen LogP contribution >= 0.6 is 0 Å². The Morgan fingerprint density at radius 2 is 2.19 bits per heavy atom. The molecule has 80 valence electrons. The molecule has 0 fully saturated rings. The minimum absolute atomic E-state index is 0.0898. The van der Waals surface area contributed by atoms with E-state index < -0.39 is 11.6 Å². The Hall–Kier alpha value is -2.22. The van der Waals surface area contributed by atoms with Crippen LogP contribution in [0.2, 0.25) is 0 Å². The number of imidazole rings is 1. The van der Waals surface area contributed by atoms with Gasteiger partial charge in [0, 0.05) is 18.0 Å². The molecule has 0 unspecified atom stereocenters. The molecule has 1 heterocycles. The van der Waals surface area contributed by atoms with Gasteiger partial charge in [0.15, 0.2) is 11.6 Å². The summed E-state index contributed by atoms with van der Waals surface area (Å²) in [4.78, 5) is 3.77. The third kappa shape index (κ3) is 1.77. The fraction of sp³-hybridized carbons (Fsp3) is 0.0909. The number of benzene rings is 1. The molecule has 0 atom stereocenters. The Kier molecular flexibility index (Phi) is 2.64. The molecule has 1 aromatic heterocycles. The van der Waals surface area contributed by atoms with Gasteiger partial charge in [-0.15, -0.1) is 0 Å². The molecule has 1 aromatic carbocycles. The molecular weight excluding hydrogens is 212 g/mol. The minimum atomic E-state index is -0.892. The summed E-state index contributed by atoms with van der Waals surface area (Å²) in [5.74, 6) is -1.61. The van der Waals surface area contributed by atoms with Crippen LogP contribution < -0.4 is 0 Å². The SMILES string of the molecule is N#Cc1nccn1Cc1cccc(F)c1F. The summed E-state index contributed by atoms with van der Waals surface area (Å²) in [7, 11) is 0. The Morgan fingerprint density at radius 1 is 1.38 bits per heavy atom. The first-order valence-corrected chi connectivity index (χ1v) is 4.56. The van der Waals surface area contributed by atoms with Gasteiger partial charge < -0.3 is 4.57 Å². The standard InChI is InChI=1S/C11H7F2N3/c12-9-3-1-2-8(11(9)13)7-16-5-4-15-10(16)6-14/h1-5H,7H2. The van der Waals surface area contributed by atoms with Crippen molar-refractivity contribution in [1.29, 1.82) is 5.26 Å². The molecule has 0 saturated carbocycles. The summed E-state index contributed by atoms with van der Waals surface area (Å²) in [6.45, 7) is 0.0898. The van der Waals surface area contributed by atoms with Gasteiger partial charge in [0.2, 0.25) is 5.82 Å².